The van der Waals surface area contributed by atoms with E-state index in [4.69, 9.17) is 16.3 Å². The summed E-state index contributed by atoms with van der Waals surface area (Å²) >= 11 is 5.71. The van der Waals surface area contributed by atoms with Crippen LogP contribution in [0.15, 0.2) is 47.4 Å². The molecule has 0 heterocycles. The number of methoxy groups -OCH3 is 1. The highest BCUT2D eigenvalue weighted by Crippen LogP contribution is 2.30. The number of hydrogen-bond donors (Lipinski definition) is 0. The zero-order chi connectivity index (χ0) is 17.9. The fourth-order valence-corrected chi connectivity index (χ4v) is 4.37. The van der Waals surface area contributed by atoms with Crippen LogP contribution in [-0.2, 0) is 10.0 Å². The third-order valence-electron chi connectivity index (χ3n) is 3.80. The van der Waals surface area contributed by atoms with Gasteiger partial charge in [-0.2, -0.15) is 4.31 Å². The molecule has 24 heavy (non-hydrogen) atoms. The summed E-state index contributed by atoms with van der Waals surface area (Å²) in [4.78, 5) is -0.386. The van der Waals surface area contributed by atoms with E-state index < -0.39 is 21.9 Å². The van der Waals surface area contributed by atoms with Crippen LogP contribution in [0.5, 0.6) is 5.75 Å². The second kappa shape index (κ2) is 7.51. The summed E-state index contributed by atoms with van der Waals surface area (Å²) in [6.45, 7) is 3.66. The molecule has 0 saturated heterocycles. The van der Waals surface area contributed by atoms with Crippen LogP contribution in [0.2, 0.25) is 5.02 Å². The maximum atomic E-state index is 14.1. The van der Waals surface area contributed by atoms with Crippen molar-refractivity contribution in [3.05, 3.63) is 58.9 Å². The van der Waals surface area contributed by atoms with Crippen molar-refractivity contribution in [3.63, 3.8) is 0 Å². The number of ether oxygens (including phenoxy) is 1. The Morgan fingerprint density at radius 2 is 1.96 bits per heavy atom. The average molecular weight is 372 g/mol. The summed E-state index contributed by atoms with van der Waals surface area (Å²) < 4.78 is 46.3. The van der Waals surface area contributed by atoms with Crippen LogP contribution in [0.4, 0.5) is 4.39 Å². The van der Waals surface area contributed by atoms with Gasteiger partial charge in [-0.05, 0) is 42.8 Å². The van der Waals surface area contributed by atoms with Gasteiger partial charge in [-0.25, -0.2) is 12.8 Å². The van der Waals surface area contributed by atoms with Gasteiger partial charge in [-0.15, -0.1) is 0 Å². The van der Waals surface area contributed by atoms with Gasteiger partial charge in [0.15, 0.2) is 0 Å². The van der Waals surface area contributed by atoms with Crippen molar-refractivity contribution in [2.75, 3.05) is 13.7 Å². The number of benzene rings is 2. The predicted molar refractivity (Wildman–Crippen MR) is 92.4 cm³/mol. The molecule has 0 aromatic heterocycles. The standard InChI is InChI=1S/C17H19ClFNO3S/c1-4-20(12(2)13-6-5-7-15(10-13)23-3)24(21,22)17-9-8-14(18)11-16(17)19/h5-12H,4H2,1-3H3. The molecular weight excluding hydrogens is 353 g/mol. The van der Waals surface area contributed by atoms with E-state index in [1.54, 1.807) is 39.2 Å². The Morgan fingerprint density at radius 3 is 2.54 bits per heavy atom. The highest BCUT2D eigenvalue weighted by Gasteiger charge is 2.31. The average Bonchev–Trinajstić information content (AvgIpc) is 2.54. The fraction of sp³-hybridized carbons (Fsp3) is 0.294. The molecule has 0 bridgehead atoms. The number of sulfonamides is 1. The van der Waals surface area contributed by atoms with Crippen LogP contribution in [0.25, 0.3) is 0 Å². The Kier molecular flexibility index (Phi) is 5.85. The third-order valence-corrected chi connectivity index (χ3v) is 6.11. The van der Waals surface area contributed by atoms with E-state index in [1.165, 1.54) is 16.4 Å². The summed E-state index contributed by atoms with van der Waals surface area (Å²) in [5.74, 6) is -0.232. The monoisotopic (exact) mass is 371 g/mol. The number of rotatable bonds is 6. The molecule has 0 aliphatic rings. The zero-order valence-corrected chi connectivity index (χ0v) is 15.2. The smallest absolute Gasteiger partial charge is 0.246 e. The Hall–Kier alpha value is -1.63. The van der Waals surface area contributed by atoms with Gasteiger partial charge < -0.3 is 4.74 Å². The molecule has 0 N–H and O–H groups in total. The van der Waals surface area contributed by atoms with Crippen molar-refractivity contribution in [1.29, 1.82) is 0 Å². The van der Waals surface area contributed by atoms with Crippen LogP contribution >= 0.6 is 11.6 Å². The minimum absolute atomic E-state index is 0.148. The first kappa shape index (κ1) is 18.7. The van der Waals surface area contributed by atoms with Crippen molar-refractivity contribution in [1.82, 2.24) is 4.31 Å². The van der Waals surface area contributed by atoms with E-state index in [0.717, 1.165) is 11.6 Å². The van der Waals surface area contributed by atoms with Gasteiger partial charge in [0.05, 0.1) is 7.11 Å². The second-order valence-corrected chi connectivity index (χ2v) is 7.53. The highest BCUT2D eigenvalue weighted by atomic mass is 35.5. The van der Waals surface area contributed by atoms with Crippen molar-refractivity contribution in [3.8, 4) is 5.75 Å². The Balaban J connectivity index is 2.45. The lowest BCUT2D eigenvalue weighted by Gasteiger charge is -2.28. The van der Waals surface area contributed by atoms with E-state index in [1.807, 2.05) is 6.07 Å². The van der Waals surface area contributed by atoms with E-state index in [0.29, 0.717) is 5.75 Å². The van der Waals surface area contributed by atoms with Crippen LogP contribution in [0.1, 0.15) is 25.5 Å². The van der Waals surface area contributed by atoms with E-state index >= 15 is 0 Å². The first-order valence-corrected chi connectivity index (χ1v) is 9.24. The third kappa shape index (κ3) is 3.71. The SMILES string of the molecule is CCN(C(C)c1cccc(OC)c1)S(=O)(=O)c1ccc(Cl)cc1F. The minimum atomic E-state index is -4.01. The van der Waals surface area contributed by atoms with Crippen molar-refractivity contribution in [2.24, 2.45) is 0 Å². The molecule has 0 amide bonds. The number of halogens is 2. The van der Waals surface area contributed by atoms with E-state index in [9.17, 15) is 12.8 Å². The largest absolute Gasteiger partial charge is 0.497 e. The number of hydrogen-bond acceptors (Lipinski definition) is 3. The van der Waals surface area contributed by atoms with Crippen LogP contribution < -0.4 is 4.74 Å². The molecule has 7 heteroatoms. The maximum Gasteiger partial charge on any atom is 0.246 e. The summed E-state index contributed by atoms with van der Waals surface area (Å²) in [5.41, 5.74) is 0.758. The normalized spacial score (nSPS) is 13.1. The Labute approximate surface area is 146 Å². The quantitative estimate of drug-likeness (QED) is 0.762. The summed E-state index contributed by atoms with van der Waals surface area (Å²) in [7, 11) is -2.46. The Morgan fingerprint density at radius 1 is 1.25 bits per heavy atom. The molecular formula is C17H19ClFNO3S. The summed E-state index contributed by atoms with van der Waals surface area (Å²) in [6, 6.07) is 10.2. The molecule has 2 rings (SSSR count). The van der Waals surface area contributed by atoms with Crippen molar-refractivity contribution in [2.45, 2.75) is 24.8 Å². The first-order valence-electron chi connectivity index (χ1n) is 7.42. The molecule has 0 saturated carbocycles. The molecule has 2 aromatic carbocycles. The second-order valence-electron chi connectivity index (χ2n) is 5.24. The van der Waals surface area contributed by atoms with Gasteiger partial charge in [-0.3, -0.25) is 0 Å². The van der Waals surface area contributed by atoms with E-state index in [-0.39, 0.29) is 16.5 Å². The zero-order valence-electron chi connectivity index (χ0n) is 13.7. The van der Waals surface area contributed by atoms with Gasteiger partial charge >= 0.3 is 0 Å². The first-order chi connectivity index (χ1) is 11.3. The molecule has 0 spiro atoms. The van der Waals surface area contributed by atoms with Gasteiger partial charge in [0.25, 0.3) is 0 Å². The van der Waals surface area contributed by atoms with Gasteiger partial charge in [-0.1, -0.05) is 30.7 Å². The lowest BCUT2D eigenvalue weighted by atomic mass is 10.1. The van der Waals surface area contributed by atoms with Gasteiger partial charge in [0.1, 0.15) is 16.5 Å². The molecule has 0 aliphatic heterocycles. The fourth-order valence-electron chi connectivity index (χ4n) is 2.53. The lowest BCUT2D eigenvalue weighted by molar-refractivity contribution is 0.352. The van der Waals surface area contributed by atoms with Crippen LogP contribution in [0, 0.1) is 5.82 Å². The molecule has 0 radical (unpaired) electrons. The van der Waals surface area contributed by atoms with Crippen molar-refractivity contribution >= 4 is 21.6 Å². The van der Waals surface area contributed by atoms with Crippen molar-refractivity contribution < 1.29 is 17.5 Å². The molecule has 0 fully saturated rings. The molecule has 4 nitrogen and oxygen atoms in total. The van der Waals surface area contributed by atoms with Crippen LogP contribution in [0.3, 0.4) is 0 Å². The van der Waals surface area contributed by atoms with Crippen LogP contribution in [-0.4, -0.2) is 26.4 Å². The Bertz CT molecular complexity index is 826. The van der Waals surface area contributed by atoms with Gasteiger partial charge in [0.2, 0.25) is 10.0 Å². The molecule has 130 valence electrons. The number of nitrogens with zero attached hydrogens (tertiary/aromatic N) is 1. The topological polar surface area (TPSA) is 46.6 Å². The minimum Gasteiger partial charge on any atom is -0.497 e. The molecule has 1 unspecified atom stereocenters. The predicted octanol–water partition coefficient (Wildman–Crippen LogP) is 4.26. The molecule has 0 aliphatic carbocycles. The maximum absolute atomic E-state index is 14.1. The summed E-state index contributed by atoms with van der Waals surface area (Å²) in [6.07, 6.45) is 0. The molecule has 2 aromatic rings. The van der Waals surface area contributed by atoms with E-state index in [2.05, 4.69) is 0 Å². The summed E-state index contributed by atoms with van der Waals surface area (Å²) in [5, 5.41) is 0.148. The highest BCUT2D eigenvalue weighted by molar-refractivity contribution is 7.89. The van der Waals surface area contributed by atoms with Gasteiger partial charge in [0, 0.05) is 17.6 Å². The lowest BCUT2D eigenvalue weighted by Crippen LogP contribution is -2.34. The molecule has 1 atom stereocenters.